The van der Waals surface area contributed by atoms with E-state index in [0.29, 0.717) is 11.3 Å². The van der Waals surface area contributed by atoms with E-state index >= 15 is 0 Å². The van der Waals surface area contributed by atoms with Crippen LogP contribution in [0.2, 0.25) is 0 Å². The summed E-state index contributed by atoms with van der Waals surface area (Å²) in [7, 11) is 0. The number of phenolic OH excluding ortho intramolecular Hbond substituents is 1. The number of carbonyl (C=O) groups excluding carboxylic acids is 2. The van der Waals surface area contributed by atoms with Crippen LogP contribution >= 0.6 is 0 Å². The van der Waals surface area contributed by atoms with E-state index < -0.39 is 11.9 Å². The van der Waals surface area contributed by atoms with E-state index in [-0.39, 0.29) is 23.6 Å². The fourth-order valence-corrected chi connectivity index (χ4v) is 1.85. The van der Waals surface area contributed by atoms with Crippen LogP contribution in [0.4, 0.5) is 11.4 Å². The lowest BCUT2D eigenvalue weighted by Crippen LogP contribution is -2.16. The topological polar surface area (TPSA) is 102 Å². The highest BCUT2D eigenvalue weighted by Gasteiger charge is 2.16. The number of carbonyl (C=O) groups is 2. The fourth-order valence-electron chi connectivity index (χ4n) is 1.85. The quantitative estimate of drug-likeness (QED) is 0.457. The number of phenols is 1. The van der Waals surface area contributed by atoms with Crippen LogP contribution in [-0.4, -0.2) is 23.6 Å². The van der Waals surface area contributed by atoms with E-state index in [1.165, 1.54) is 18.2 Å². The average Bonchev–Trinajstić information content (AvgIpc) is 2.50. The molecule has 0 spiro atoms. The summed E-state index contributed by atoms with van der Waals surface area (Å²) in [5.74, 6) is -1.10. The minimum Gasteiger partial charge on any atom is -0.508 e. The number of benzene rings is 2. The molecule has 4 N–H and O–H groups in total. The molecule has 0 fully saturated rings. The lowest BCUT2D eigenvalue weighted by atomic mass is 10.1. The van der Waals surface area contributed by atoms with Gasteiger partial charge >= 0.3 is 5.97 Å². The third-order valence-corrected chi connectivity index (χ3v) is 2.92. The molecule has 0 saturated heterocycles. The predicted octanol–water partition coefficient (Wildman–Crippen LogP) is 2.40. The van der Waals surface area contributed by atoms with Gasteiger partial charge in [0.2, 0.25) is 0 Å². The third-order valence-electron chi connectivity index (χ3n) is 2.92. The Hall–Kier alpha value is -3.02. The molecule has 6 heteroatoms. The Morgan fingerprint density at radius 1 is 1.18 bits per heavy atom. The van der Waals surface area contributed by atoms with Crippen LogP contribution < -0.4 is 11.1 Å². The van der Waals surface area contributed by atoms with Gasteiger partial charge in [-0.3, -0.25) is 4.79 Å². The summed E-state index contributed by atoms with van der Waals surface area (Å²) in [4.78, 5) is 24.1. The van der Waals surface area contributed by atoms with Gasteiger partial charge in [0.15, 0.2) is 0 Å². The molecule has 2 rings (SSSR count). The van der Waals surface area contributed by atoms with Crippen LogP contribution in [0.15, 0.2) is 42.5 Å². The second-order valence-corrected chi connectivity index (χ2v) is 4.53. The minimum atomic E-state index is -0.619. The molecule has 2 aromatic rings. The molecule has 0 aliphatic rings. The van der Waals surface area contributed by atoms with Crippen molar-refractivity contribution >= 4 is 23.3 Å². The summed E-state index contributed by atoms with van der Waals surface area (Å²) in [6.07, 6.45) is 0. The van der Waals surface area contributed by atoms with E-state index in [2.05, 4.69) is 5.32 Å². The first-order chi connectivity index (χ1) is 10.5. The van der Waals surface area contributed by atoms with Crippen molar-refractivity contribution in [2.24, 2.45) is 0 Å². The maximum absolute atomic E-state index is 12.2. The number of esters is 1. The van der Waals surface area contributed by atoms with Crippen LogP contribution in [0.5, 0.6) is 5.75 Å². The Kier molecular flexibility index (Phi) is 4.63. The van der Waals surface area contributed by atoms with Crippen molar-refractivity contribution in [3.05, 3.63) is 53.6 Å². The first-order valence-corrected chi connectivity index (χ1v) is 6.68. The number of nitrogens with two attached hydrogens (primary N) is 1. The average molecular weight is 300 g/mol. The van der Waals surface area contributed by atoms with Gasteiger partial charge in [-0.15, -0.1) is 0 Å². The molecule has 0 bridgehead atoms. The summed E-state index contributed by atoms with van der Waals surface area (Å²) < 4.78 is 4.91. The normalized spacial score (nSPS) is 10.0. The summed E-state index contributed by atoms with van der Waals surface area (Å²) in [5, 5.41) is 12.1. The molecule has 22 heavy (non-hydrogen) atoms. The van der Waals surface area contributed by atoms with E-state index in [4.69, 9.17) is 10.5 Å². The van der Waals surface area contributed by atoms with Gasteiger partial charge in [0, 0.05) is 11.3 Å². The summed E-state index contributed by atoms with van der Waals surface area (Å²) in [5.41, 5.74) is 6.87. The predicted molar refractivity (Wildman–Crippen MR) is 82.9 cm³/mol. The maximum atomic E-state index is 12.2. The van der Waals surface area contributed by atoms with E-state index in [0.717, 1.165) is 0 Å². The Labute approximate surface area is 127 Å². The SMILES string of the molecule is CCOC(=O)c1cc(O)ccc1NC(=O)c1ccc(N)cc1. The van der Waals surface area contributed by atoms with E-state index in [1.54, 1.807) is 31.2 Å². The van der Waals surface area contributed by atoms with Gasteiger partial charge in [-0.1, -0.05) is 0 Å². The standard InChI is InChI=1S/C16H16N2O4/c1-2-22-16(21)13-9-12(19)7-8-14(13)18-15(20)10-3-5-11(17)6-4-10/h3-9,19H,2,17H2,1H3,(H,18,20). The van der Waals surface area contributed by atoms with Gasteiger partial charge < -0.3 is 20.9 Å². The molecule has 0 radical (unpaired) electrons. The third kappa shape index (κ3) is 3.54. The van der Waals surface area contributed by atoms with Crippen LogP contribution in [0.3, 0.4) is 0 Å². The van der Waals surface area contributed by atoms with E-state index in [9.17, 15) is 14.7 Å². The number of rotatable bonds is 4. The van der Waals surface area contributed by atoms with Crippen LogP contribution in [0.1, 0.15) is 27.6 Å². The molecule has 114 valence electrons. The molecule has 0 heterocycles. The molecule has 0 aliphatic heterocycles. The lowest BCUT2D eigenvalue weighted by molar-refractivity contribution is 0.0527. The molecular weight excluding hydrogens is 284 g/mol. The zero-order valence-corrected chi connectivity index (χ0v) is 12.0. The van der Waals surface area contributed by atoms with Crippen LogP contribution in [0, 0.1) is 0 Å². The second kappa shape index (κ2) is 6.62. The Balaban J connectivity index is 2.27. The Morgan fingerprint density at radius 3 is 2.50 bits per heavy atom. The van der Waals surface area contributed by atoms with Crippen molar-refractivity contribution in [2.75, 3.05) is 17.7 Å². The molecule has 0 aromatic heterocycles. The molecule has 1 amide bonds. The largest absolute Gasteiger partial charge is 0.508 e. The zero-order valence-electron chi connectivity index (χ0n) is 12.0. The number of hydrogen-bond acceptors (Lipinski definition) is 5. The number of aromatic hydroxyl groups is 1. The van der Waals surface area contributed by atoms with Crippen LogP contribution in [-0.2, 0) is 4.74 Å². The number of nitrogen functional groups attached to an aromatic ring is 1. The first kappa shape index (κ1) is 15.4. The van der Waals surface area contributed by atoms with Crippen molar-refractivity contribution in [3.63, 3.8) is 0 Å². The number of nitrogens with one attached hydrogen (secondary N) is 1. The van der Waals surface area contributed by atoms with Crippen molar-refractivity contribution in [2.45, 2.75) is 6.92 Å². The summed E-state index contributed by atoms with van der Waals surface area (Å²) in [6.45, 7) is 1.87. The molecule has 0 saturated carbocycles. The summed E-state index contributed by atoms with van der Waals surface area (Å²) >= 11 is 0. The highest BCUT2D eigenvalue weighted by molar-refractivity contribution is 6.08. The number of ether oxygens (including phenoxy) is 1. The van der Waals surface area contributed by atoms with Crippen molar-refractivity contribution in [1.82, 2.24) is 0 Å². The van der Waals surface area contributed by atoms with Gasteiger partial charge in [-0.25, -0.2) is 4.79 Å². The molecule has 0 unspecified atom stereocenters. The van der Waals surface area contributed by atoms with Gasteiger partial charge in [-0.2, -0.15) is 0 Å². The smallest absolute Gasteiger partial charge is 0.340 e. The van der Waals surface area contributed by atoms with Gasteiger partial charge in [0.05, 0.1) is 17.9 Å². The highest BCUT2D eigenvalue weighted by Crippen LogP contribution is 2.23. The molecule has 0 atom stereocenters. The van der Waals surface area contributed by atoms with Gasteiger partial charge in [0.25, 0.3) is 5.91 Å². The first-order valence-electron chi connectivity index (χ1n) is 6.68. The number of amides is 1. The number of anilines is 2. The van der Waals surface area contributed by atoms with Crippen molar-refractivity contribution in [1.29, 1.82) is 0 Å². The summed E-state index contributed by atoms with van der Waals surface area (Å²) in [6, 6.07) is 10.4. The zero-order chi connectivity index (χ0) is 16.1. The highest BCUT2D eigenvalue weighted by atomic mass is 16.5. The second-order valence-electron chi connectivity index (χ2n) is 4.53. The molecular formula is C16H16N2O4. The maximum Gasteiger partial charge on any atom is 0.340 e. The van der Waals surface area contributed by atoms with Crippen molar-refractivity contribution in [3.8, 4) is 5.75 Å². The van der Waals surface area contributed by atoms with Crippen LogP contribution in [0.25, 0.3) is 0 Å². The minimum absolute atomic E-state index is 0.0886. The van der Waals surface area contributed by atoms with Gasteiger partial charge in [-0.05, 0) is 49.4 Å². The fraction of sp³-hybridized carbons (Fsp3) is 0.125. The Morgan fingerprint density at radius 2 is 1.86 bits per heavy atom. The molecule has 0 aliphatic carbocycles. The molecule has 6 nitrogen and oxygen atoms in total. The van der Waals surface area contributed by atoms with Gasteiger partial charge in [0.1, 0.15) is 5.75 Å². The monoisotopic (exact) mass is 300 g/mol. The molecule has 2 aromatic carbocycles. The van der Waals surface area contributed by atoms with Crippen molar-refractivity contribution < 1.29 is 19.4 Å². The Bertz CT molecular complexity index is 696. The lowest BCUT2D eigenvalue weighted by Gasteiger charge is -2.11. The number of hydrogen-bond donors (Lipinski definition) is 3. The van der Waals surface area contributed by atoms with E-state index in [1.807, 2.05) is 0 Å².